The van der Waals surface area contributed by atoms with Gasteiger partial charge in [0.25, 0.3) is 0 Å². The Balaban J connectivity index is 1.71. The molecule has 1 aromatic carbocycles. The molecule has 0 aromatic heterocycles. The zero-order chi connectivity index (χ0) is 18.1. The van der Waals surface area contributed by atoms with Crippen LogP contribution in [0.5, 0.6) is 5.75 Å². The van der Waals surface area contributed by atoms with Crippen molar-refractivity contribution in [2.45, 2.75) is 33.1 Å². The third kappa shape index (κ3) is 5.74. The van der Waals surface area contributed by atoms with Gasteiger partial charge < -0.3 is 19.9 Å². The smallest absolute Gasteiger partial charge is 0.227 e. The van der Waals surface area contributed by atoms with Crippen molar-refractivity contribution in [2.75, 3.05) is 44.2 Å². The molecule has 1 heterocycles. The summed E-state index contributed by atoms with van der Waals surface area (Å²) in [5.74, 6) is 0.631. The highest BCUT2D eigenvalue weighted by Gasteiger charge is 2.23. The first-order valence-electron chi connectivity index (χ1n) is 9.17. The Hall–Kier alpha value is -2.08. The first-order chi connectivity index (χ1) is 12.2. The fourth-order valence-electron chi connectivity index (χ4n) is 2.94. The molecule has 0 fully saturated rings. The molecule has 0 radical (unpaired) electrons. The first-order valence-corrected chi connectivity index (χ1v) is 9.17. The Kier molecular flexibility index (Phi) is 7.73. The Morgan fingerprint density at radius 2 is 1.96 bits per heavy atom. The largest absolute Gasteiger partial charge is 0.490 e. The summed E-state index contributed by atoms with van der Waals surface area (Å²) in [6.45, 7) is 8.98. The molecule has 0 saturated carbocycles. The Morgan fingerprint density at radius 3 is 2.72 bits per heavy atom. The molecule has 0 spiro atoms. The van der Waals surface area contributed by atoms with E-state index in [9.17, 15) is 9.59 Å². The number of ether oxygens (including phenoxy) is 1. The zero-order valence-corrected chi connectivity index (χ0v) is 15.3. The molecular weight excluding hydrogens is 318 g/mol. The summed E-state index contributed by atoms with van der Waals surface area (Å²) in [6, 6.07) is 7.51. The van der Waals surface area contributed by atoms with E-state index in [0.717, 1.165) is 37.5 Å². The van der Waals surface area contributed by atoms with Crippen LogP contribution in [0.15, 0.2) is 24.3 Å². The number of rotatable bonds is 9. The summed E-state index contributed by atoms with van der Waals surface area (Å²) in [5.41, 5.74) is 0.790. The summed E-state index contributed by atoms with van der Waals surface area (Å²) >= 11 is 0. The van der Waals surface area contributed by atoms with Gasteiger partial charge in [0.1, 0.15) is 12.4 Å². The van der Waals surface area contributed by atoms with Gasteiger partial charge in [-0.15, -0.1) is 0 Å². The van der Waals surface area contributed by atoms with Crippen molar-refractivity contribution in [3.05, 3.63) is 24.3 Å². The molecule has 1 aromatic rings. The molecule has 25 heavy (non-hydrogen) atoms. The maximum Gasteiger partial charge on any atom is 0.227 e. The highest BCUT2D eigenvalue weighted by molar-refractivity contribution is 5.97. The first kappa shape index (κ1) is 19.2. The molecule has 6 heteroatoms. The molecule has 6 nitrogen and oxygen atoms in total. The third-order valence-electron chi connectivity index (χ3n) is 4.46. The minimum Gasteiger partial charge on any atom is -0.490 e. The van der Waals surface area contributed by atoms with E-state index in [2.05, 4.69) is 24.1 Å². The highest BCUT2D eigenvalue weighted by atomic mass is 16.5. The molecule has 138 valence electrons. The number of para-hydroxylation sites is 2. The van der Waals surface area contributed by atoms with Crippen LogP contribution in [0.25, 0.3) is 0 Å². The number of nitrogens with zero attached hydrogens (tertiary/aromatic N) is 2. The maximum absolute atomic E-state index is 12.4. The number of benzene rings is 1. The topological polar surface area (TPSA) is 61.9 Å². The summed E-state index contributed by atoms with van der Waals surface area (Å²) in [4.78, 5) is 28.4. The second-order valence-corrected chi connectivity index (χ2v) is 6.09. The van der Waals surface area contributed by atoms with Gasteiger partial charge in [-0.2, -0.15) is 0 Å². The van der Waals surface area contributed by atoms with Crippen LogP contribution in [-0.4, -0.2) is 56.0 Å². The normalized spacial score (nSPS) is 13.3. The van der Waals surface area contributed by atoms with Gasteiger partial charge in [-0.1, -0.05) is 26.0 Å². The summed E-state index contributed by atoms with van der Waals surface area (Å²) in [6.07, 6.45) is 1.37. The van der Waals surface area contributed by atoms with Crippen molar-refractivity contribution in [3.8, 4) is 5.75 Å². The van der Waals surface area contributed by atoms with Gasteiger partial charge in [0.05, 0.1) is 12.2 Å². The lowest BCUT2D eigenvalue weighted by atomic mass is 10.2. The molecule has 0 bridgehead atoms. The van der Waals surface area contributed by atoms with Crippen LogP contribution >= 0.6 is 0 Å². The fraction of sp³-hybridized carbons (Fsp3) is 0.579. The maximum atomic E-state index is 12.4. The third-order valence-corrected chi connectivity index (χ3v) is 4.46. The van der Waals surface area contributed by atoms with Gasteiger partial charge >= 0.3 is 0 Å². The number of hydrogen-bond acceptors (Lipinski definition) is 4. The van der Waals surface area contributed by atoms with E-state index in [4.69, 9.17) is 4.74 Å². The molecule has 1 N–H and O–H groups in total. The van der Waals surface area contributed by atoms with Crippen LogP contribution in [0, 0.1) is 0 Å². The quantitative estimate of drug-likeness (QED) is 0.695. The predicted octanol–water partition coefficient (Wildman–Crippen LogP) is 2.04. The van der Waals surface area contributed by atoms with Crippen molar-refractivity contribution in [1.29, 1.82) is 0 Å². The SMILES string of the molecule is CCN(CC)CCCNC(=O)CCC(=O)N1CCOc2ccccc21. The number of anilines is 1. The van der Waals surface area contributed by atoms with E-state index in [1.54, 1.807) is 4.90 Å². The fourth-order valence-corrected chi connectivity index (χ4v) is 2.94. The van der Waals surface area contributed by atoms with Gasteiger partial charge in [0.15, 0.2) is 0 Å². The number of hydrogen-bond donors (Lipinski definition) is 1. The number of amides is 2. The molecule has 0 unspecified atom stereocenters. The Bertz CT molecular complexity index is 573. The molecular formula is C19H29N3O3. The highest BCUT2D eigenvalue weighted by Crippen LogP contribution is 2.31. The monoisotopic (exact) mass is 347 g/mol. The van der Waals surface area contributed by atoms with Crippen molar-refractivity contribution in [2.24, 2.45) is 0 Å². The van der Waals surface area contributed by atoms with Gasteiger partial charge in [-0.25, -0.2) is 0 Å². The average Bonchev–Trinajstić information content (AvgIpc) is 2.65. The van der Waals surface area contributed by atoms with E-state index < -0.39 is 0 Å². The number of carbonyl (C=O) groups is 2. The summed E-state index contributed by atoms with van der Waals surface area (Å²) in [5, 5.41) is 2.90. The van der Waals surface area contributed by atoms with Crippen LogP contribution in [0.2, 0.25) is 0 Å². The van der Waals surface area contributed by atoms with Crippen LogP contribution in [0.4, 0.5) is 5.69 Å². The van der Waals surface area contributed by atoms with Crippen LogP contribution in [0.1, 0.15) is 33.1 Å². The van der Waals surface area contributed by atoms with Crippen LogP contribution in [0.3, 0.4) is 0 Å². The van der Waals surface area contributed by atoms with E-state index in [1.165, 1.54) is 0 Å². The lowest BCUT2D eigenvalue weighted by molar-refractivity contribution is -0.125. The zero-order valence-electron chi connectivity index (χ0n) is 15.3. The predicted molar refractivity (Wildman–Crippen MR) is 98.9 cm³/mol. The second kappa shape index (κ2) is 10.0. The van der Waals surface area contributed by atoms with Crippen molar-refractivity contribution in [1.82, 2.24) is 10.2 Å². The molecule has 0 atom stereocenters. The number of carbonyl (C=O) groups excluding carboxylic acids is 2. The molecule has 2 amide bonds. The Morgan fingerprint density at radius 1 is 1.20 bits per heavy atom. The number of nitrogens with one attached hydrogen (secondary N) is 1. The van der Waals surface area contributed by atoms with Gasteiger partial charge in [-0.05, 0) is 38.2 Å². The summed E-state index contributed by atoms with van der Waals surface area (Å²) < 4.78 is 5.56. The molecule has 0 aliphatic carbocycles. The van der Waals surface area contributed by atoms with Gasteiger partial charge in [0, 0.05) is 19.4 Å². The minimum absolute atomic E-state index is 0.0333. The van der Waals surface area contributed by atoms with E-state index in [0.29, 0.717) is 19.7 Å². The average molecular weight is 347 g/mol. The van der Waals surface area contributed by atoms with E-state index in [1.807, 2.05) is 24.3 Å². The molecule has 2 rings (SSSR count). The van der Waals surface area contributed by atoms with Gasteiger partial charge in [0.2, 0.25) is 11.8 Å². The molecule has 1 aliphatic rings. The molecule has 0 saturated heterocycles. The van der Waals surface area contributed by atoms with Gasteiger partial charge in [-0.3, -0.25) is 9.59 Å². The van der Waals surface area contributed by atoms with Crippen LogP contribution < -0.4 is 15.0 Å². The van der Waals surface area contributed by atoms with E-state index in [-0.39, 0.29) is 24.7 Å². The minimum atomic E-state index is -0.0607. The van der Waals surface area contributed by atoms with Crippen molar-refractivity contribution >= 4 is 17.5 Å². The second-order valence-electron chi connectivity index (χ2n) is 6.09. The number of fused-ring (bicyclic) bond motifs is 1. The Labute approximate surface area is 150 Å². The standard InChI is InChI=1S/C19H29N3O3/c1-3-21(4-2)13-7-12-20-18(23)10-11-19(24)22-14-15-25-17-9-6-5-8-16(17)22/h5-6,8-9H,3-4,7,10-15H2,1-2H3,(H,20,23). The lowest BCUT2D eigenvalue weighted by Gasteiger charge is -2.29. The van der Waals surface area contributed by atoms with Crippen molar-refractivity contribution < 1.29 is 14.3 Å². The van der Waals surface area contributed by atoms with Crippen molar-refractivity contribution in [3.63, 3.8) is 0 Å². The lowest BCUT2D eigenvalue weighted by Crippen LogP contribution is -2.38. The summed E-state index contributed by atoms with van der Waals surface area (Å²) in [7, 11) is 0. The van der Waals surface area contributed by atoms with Crippen LogP contribution in [-0.2, 0) is 9.59 Å². The molecule has 1 aliphatic heterocycles. The van der Waals surface area contributed by atoms with E-state index >= 15 is 0 Å².